The molecule has 0 amide bonds. The first kappa shape index (κ1) is 15.0. The lowest BCUT2D eigenvalue weighted by atomic mass is 9.99. The SMILES string of the molecule is O=C(Cc1cc(O)c2ccccc2c1I)c1ccc(F)cc1. The van der Waals surface area contributed by atoms with Gasteiger partial charge in [-0.2, -0.15) is 0 Å². The molecule has 0 unspecified atom stereocenters. The zero-order valence-corrected chi connectivity index (χ0v) is 13.7. The van der Waals surface area contributed by atoms with Gasteiger partial charge < -0.3 is 5.11 Å². The van der Waals surface area contributed by atoms with Crippen molar-refractivity contribution in [3.8, 4) is 5.75 Å². The van der Waals surface area contributed by atoms with E-state index in [-0.39, 0.29) is 23.8 Å². The molecule has 0 saturated heterocycles. The highest BCUT2D eigenvalue weighted by atomic mass is 127. The van der Waals surface area contributed by atoms with Crippen molar-refractivity contribution in [1.82, 2.24) is 0 Å². The number of benzene rings is 3. The summed E-state index contributed by atoms with van der Waals surface area (Å²) in [4.78, 5) is 12.3. The number of phenols is 1. The van der Waals surface area contributed by atoms with E-state index in [2.05, 4.69) is 22.6 Å². The Bertz CT molecular complexity index is 857. The number of carbonyl (C=O) groups excluding carboxylic acids is 1. The third kappa shape index (κ3) is 2.83. The average molecular weight is 406 g/mol. The van der Waals surface area contributed by atoms with E-state index in [9.17, 15) is 14.3 Å². The standard InChI is InChI=1S/C18H12FIO2/c19-13-7-5-11(6-8-13)16(21)9-12-10-17(22)14-3-1-2-4-15(14)18(12)20/h1-8,10,22H,9H2. The highest BCUT2D eigenvalue weighted by Gasteiger charge is 2.14. The van der Waals surface area contributed by atoms with E-state index in [1.165, 1.54) is 24.3 Å². The Morgan fingerprint density at radius 2 is 1.68 bits per heavy atom. The number of carbonyl (C=O) groups is 1. The zero-order chi connectivity index (χ0) is 15.7. The zero-order valence-electron chi connectivity index (χ0n) is 11.5. The molecule has 2 nitrogen and oxygen atoms in total. The van der Waals surface area contributed by atoms with Crippen molar-refractivity contribution in [1.29, 1.82) is 0 Å². The predicted molar refractivity (Wildman–Crippen MR) is 92.8 cm³/mol. The number of hydrogen-bond acceptors (Lipinski definition) is 2. The van der Waals surface area contributed by atoms with E-state index < -0.39 is 0 Å². The highest BCUT2D eigenvalue weighted by Crippen LogP contribution is 2.32. The summed E-state index contributed by atoms with van der Waals surface area (Å²) in [5.74, 6) is -0.306. The highest BCUT2D eigenvalue weighted by molar-refractivity contribution is 14.1. The molecule has 0 aliphatic rings. The molecule has 0 atom stereocenters. The summed E-state index contributed by atoms with van der Waals surface area (Å²) in [6, 6.07) is 14.7. The van der Waals surface area contributed by atoms with Crippen molar-refractivity contribution >= 4 is 39.1 Å². The molecule has 0 heterocycles. The Balaban J connectivity index is 1.98. The molecular weight excluding hydrogens is 394 g/mol. The topological polar surface area (TPSA) is 37.3 Å². The summed E-state index contributed by atoms with van der Waals surface area (Å²) >= 11 is 2.19. The summed E-state index contributed by atoms with van der Waals surface area (Å²) in [5, 5.41) is 11.8. The molecule has 0 aromatic heterocycles. The van der Waals surface area contributed by atoms with Crippen LogP contribution in [-0.2, 0) is 6.42 Å². The van der Waals surface area contributed by atoms with E-state index in [0.29, 0.717) is 5.56 Å². The van der Waals surface area contributed by atoms with Crippen LogP contribution in [0.2, 0.25) is 0 Å². The van der Waals surface area contributed by atoms with E-state index in [4.69, 9.17) is 0 Å². The molecular formula is C18H12FIO2. The number of Topliss-reactive ketones (excluding diaryl/α,β-unsaturated/α-hetero) is 1. The lowest BCUT2D eigenvalue weighted by molar-refractivity contribution is 0.0993. The van der Waals surface area contributed by atoms with E-state index in [0.717, 1.165) is 19.9 Å². The van der Waals surface area contributed by atoms with Crippen LogP contribution < -0.4 is 0 Å². The molecule has 0 spiro atoms. The molecule has 0 bridgehead atoms. The summed E-state index contributed by atoms with van der Waals surface area (Å²) in [5.41, 5.74) is 1.23. The van der Waals surface area contributed by atoms with Crippen LogP contribution in [0, 0.1) is 9.39 Å². The van der Waals surface area contributed by atoms with E-state index in [1.54, 1.807) is 6.07 Å². The quantitative estimate of drug-likeness (QED) is 0.505. The van der Waals surface area contributed by atoms with Gasteiger partial charge in [0.15, 0.2) is 5.78 Å². The number of aromatic hydroxyl groups is 1. The predicted octanol–water partition coefficient (Wildman–Crippen LogP) is 4.71. The molecule has 3 aromatic carbocycles. The molecule has 110 valence electrons. The smallest absolute Gasteiger partial charge is 0.167 e. The fourth-order valence-corrected chi connectivity index (χ4v) is 3.23. The van der Waals surface area contributed by atoms with Crippen LogP contribution in [0.25, 0.3) is 10.8 Å². The van der Waals surface area contributed by atoms with Crippen LogP contribution in [-0.4, -0.2) is 10.9 Å². The molecule has 3 rings (SSSR count). The fourth-order valence-electron chi connectivity index (χ4n) is 2.42. The van der Waals surface area contributed by atoms with Gasteiger partial charge in [0.05, 0.1) is 0 Å². The maximum Gasteiger partial charge on any atom is 0.167 e. The summed E-state index contributed by atoms with van der Waals surface area (Å²) in [6.07, 6.45) is 0.169. The van der Waals surface area contributed by atoms with Gasteiger partial charge in [0.25, 0.3) is 0 Å². The number of fused-ring (bicyclic) bond motifs is 1. The lowest BCUT2D eigenvalue weighted by Crippen LogP contribution is -2.05. The maximum absolute atomic E-state index is 12.9. The Morgan fingerprint density at radius 3 is 2.36 bits per heavy atom. The number of phenolic OH excluding ortho intramolecular Hbond substituents is 1. The normalized spacial score (nSPS) is 10.8. The van der Waals surface area contributed by atoms with Crippen LogP contribution in [0.15, 0.2) is 54.6 Å². The fraction of sp³-hybridized carbons (Fsp3) is 0.0556. The first-order valence-electron chi connectivity index (χ1n) is 6.74. The Labute approximate surface area is 140 Å². The minimum atomic E-state index is -0.366. The van der Waals surface area contributed by atoms with Crippen molar-refractivity contribution in [2.45, 2.75) is 6.42 Å². The average Bonchev–Trinajstić information content (AvgIpc) is 2.53. The van der Waals surface area contributed by atoms with Crippen molar-refractivity contribution in [3.05, 3.63) is 75.1 Å². The Hall–Kier alpha value is -1.95. The van der Waals surface area contributed by atoms with Crippen molar-refractivity contribution in [2.24, 2.45) is 0 Å². The van der Waals surface area contributed by atoms with Gasteiger partial charge in [0, 0.05) is 20.9 Å². The third-order valence-electron chi connectivity index (χ3n) is 3.55. The first-order valence-corrected chi connectivity index (χ1v) is 7.82. The molecule has 0 aliphatic carbocycles. The minimum Gasteiger partial charge on any atom is -0.507 e. The van der Waals surface area contributed by atoms with Crippen LogP contribution in [0.3, 0.4) is 0 Å². The van der Waals surface area contributed by atoms with Crippen molar-refractivity contribution in [3.63, 3.8) is 0 Å². The van der Waals surface area contributed by atoms with E-state index >= 15 is 0 Å². The second kappa shape index (κ2) is 6.04. The van der Waals surface area contributed by atoms with Gasteiger partial charge in [0.1, 0.15) is 11.6 Å². The van der Waals surface area contributed by atoms with Gasteiger partial charge in [-0.3, -0.25) is 4.79 Å². The molecule has 0 fully saturated rings. The molecule has 0 aliphatic heterocycles. The molecule has 0 radical (unpaired) electrons. The van der Waals surface area contributed by atoms with E-state index in [1.807, 2.05) is 24.3 Å². The van der Waals surface area contributed by atoms with Gasteiger partial charge in [-0.25, -0.2) is 4.39 Å². The molecule has 4 heteroatoms. The molecule has 0 saturated carbocycles. The Kier molecular flexibility index (Phi) is 4.11. The monoisotopic (exact) mass is 406 g/mol. The summed E-state index contributed by atoms with van der Waals surface area (Å²) in [7, 11) is 0. The van der Waals surface area contributed by atoms with Crippen LogP contribution in [0.4, 0.5) is 4.39 Å². The number of hydrogen-bond donors (Lipinski definition) is 1. The van der Waals surface area contributed by atoms with Gasteiger partial charge in [0.2, 0.25) is 0 Å². The Morgan fingerprint density at radius 1 is 1.05 bits per heavy atom. The van der Waals surface area contributed by atoms with Crippen molar-refractivity contribution in [2.75, 3.05) is 0 Å². The third-order valence-corrected chi connectivity index (χ3v) is 4.82. The number of halogens is 2. The first-order chi connectivity index (χ1) is 10.6. The van der Waals surface area contributed by atoms with Gasteiger partial charge in [-0.1, -0.05) is 24.3 Å². The van der Waals surface area contributed by atoms with Crippen LogP contribution >= 0.6 is 22.6 Å². The lowest BCUT2D eigenvalue weighted by Gasteiger charge is -2.10. The van der Waals surface area contributed by atoms with Gasteiger partial charge in [-0.15, -0.1) is 0 Å². The largest absolute Gasteiger partial charge is 0.507 e. The van der Waals surface area contributed by atoms with Crippen LogP contribution in [0.5, 0.6) is 5.75 Å². The van der Waals surface area contributed by atoms with Gasteiger partial charge in [-0.05, 0) is 63.9 Å². The summed E-state index contributed by atoms with van der Waals surface area (Å²) < 4.78 is 13.9. The number of ketones is 1. The van der Waals surface area contributed by atoms with Gasteiger partial charge >= 0.3 is 0 Å². The maximum atomic E-state index is 12.9. The molecule has 1 N–H and O–H groups in total. The summed E-state index contributed by atoms with van der Waals surface area (Å²) in [6.45, 7) is 0. The second-order valence-electron chi connectivity index (χ2n) is 5.02. The van der Waals surface area contributed by atoms with Crippen molar-refractivity contribution < 1.29 is 14.3 Å². The number of rotatable bonds is 3. The molecule has 3 aromatic rings. The minimum absolute atomic E-state index is 0.104. The molecule has 22 heavy (non-hydrogen) atoms. The second-order valence-corrected chi connectivity index (χ2v) is 6.10. The van der Waals surface area contributed by atoms with Crippen LogP contribution in [0.1, 0.15) is 15.9 Å².